The van der Waals surface area contributed by atoms with Crippen molar-refractivity contribution in [1.82, 2.24) is 0 Å². The van der Waals surface area contributed by atoms with Crippen LogP contribution in [0.1, 0.15) is 26.2 Å². The molecule has 0 amide bonds. The molecule has 0 aromatic rings. The second kappa shape index (κ2) is 2.54. The van der Waals surface area contributed by atoms with Crippen LogP contribution in [0.25, 0.3) is 0 Å². The molecule has 1 aliphatic rings. The molecule has 10 heavy (non-hydrogen) atoms. The molecule has 1 aliphatic carbocycles. The summed E-state index contributed by atoms with van der Waals surface area (Å²) >= 11 is 3.38. The molecule has 0 saturated heterocycles. The van der Waals surface area contributed by atoms with E-state index in [2.05, 4.69) is 36.0 Å². The van der Waals surface area contributed by atoms with Gasteiger partial charge in [-0.05, 0) is 36.1 Å². The molecule has 1 saturated carbocycles. The molecule has 0 heterocycles. The summed E-state index contributed by atoms with van der Waals surface area (Å²) in [5, 5.41) is 0. The Balaban J connectivity index is 2.53. The molecule has 0 bridgehead atoms. The average Bonchev–Trinajstić information content (AvgIpc) is 2.46. The first kappa shape index (κ1) is 8.06. The van der Waals surface area contributed by atoms with Crippen molar-refractivity contribution in [3.8, 4) is 0 Å². The fourth-order valence-corrected chi connectivity index (χ4v) is 1.81. The van der Waals surface area contributed by atoms with Gasteiger partial charge in [0.05, 0.1) is 0 Å². The summed E-state index contributed by atoms with van der Waals surface area (Å²) in [4.78, 5) is 0. The molecule has 0 spiro atoms. The molecule has 0 nitrogen and oxygen atoms in total. The maximum absolute atomic E-state index is 3.98. The van der Waals surface area contributed by atoms with Gasteiger partial charge in [0.25, 0.3) is 0 Å². The highest BCUT2D eigenvalue weighted by Crippen LogP contribution is 2.55. The minimum absolute atomic E-state index is 0.431. The van der Waals surface area contributed by atoms with Crippen LogP contribution in [-0.2, 0) is 0 Å². The van der Waals surface area contributed by atoms with Gasteiger partial charge in [0.15, 0.2) is 0 Å². The number of halogens is 1. The highest BCUT2D eigenvalue weighted by atomic mass is 79.9. The van der Waals surface area contributed by atoms with Crippen LogP contribution < -0.4 is 0 Å². The van der Waals surface area contributed by atoms with Crippen molar-refractivity contribution in [2.45, 2.75) is 26.2 Å². The van der Waals surface area contributed by atoms with Crippen molar-refractivity contribution in [3.05, 3.63) is 23.2 Å². The molecule has 1 heteroatoms. The van der Waals surface area contributed by atoms with E-state index in [1.165, 1.54) is 18.4 Å². The van der Waals surface area contributed by atoms with Crippen molar-refractivity contribution in [1.29, 1.82) is 0 Å². The van der Waals surface area contributed by atoms with E-state index >= 15 is 0 Å². The van der Waals surface area contributed by atoms with Crippen molar-refractivity contribution >= 4 is 15.9 Å². The van der Waals surface area contributed by atoms with Crippen LogP contribution >= 0.6 is 15.9 Å². The van der Waals surface area contributed by atoms with Gasteiger partial charge in [-0.1, -0.05) is 34.7 Å². The van der Waals surface area contributed by atoms with Crippen LogP contribution in [-0.4, -0.2) is 0 Å². The summed E-state index contributed by atoms with van der Waals surface area (Å²) in [6, 6.07) is 0. The van der Waals surface area contributed by atoms with Crippen LogP contribution in [0.15, 0.2) is 23.2 Å². The first-order chi connectivity index (χ1) is 4.57. The molecule has 0 aromatic carbocycles. The topological polar surface area (TPSA) is 0 Å². The summed E-state index contributed by atoms with van der Waals surface area (Å²) in [5.74, 6) is 0. The zero-order valence-electron chi connectivity index (χ0n) is 6.41. The molecule has 1 rings (SSSR count). The first-order valence-corrected chi connectivity index (χ1v) is 4.35. The summed E-state index contributed by atoms with van der Waals surface area (Å²) in [7, 11) is 0. The van der Waals surface area contributed by atoms with E-state index in [0.29, 0.717) is 5.41 Å². The van der Waals surface area contributed by atoms with Crippen molar-refractivity contribution in [2.24, 2.45) is 5.41 Å². The second-order valence-corrected chi connectivity index (χ2v) is 4.38. The molecule has 0 radical (unpaired) electrons. The molecule has 0 aromatic heterocycles. The number of rotatable bonds is 3. The highest BCUT2D eigenvalue weighted by molar-refractivity contribution is 9.11. The number of allylic oxidation sites excluding steroid dienone is 2. The quantitative estimate of drug-likeness (QED) is 0.611. The molecule has 0 N–H and O–H groups in total. The monoisotopic (exact) mass is 200 g/mol. The van der Waals surface area contributed by atoms with E-state index in [-0.39, 0.29) is 0 Å². The molecule has 0 aliphatic heterocycles. The van der Waals surface area contributed by atoms with Gasteiger partial charge in [0, 0.05) is 0 Å². The lowest BCUT2D eigenvalue weighted by Crippen LogP contribution is -1.99. The van der Waals surface area contributed by atoms with Gasteiger partial charge in [-0.3, -0.25) is 0 Å². The van der Waals surface area contributed by atoms with E-state index < -0.39 is 0 Å². The lowest BCUT2D eigenvalue weighted by atomic mass is 9.95. The maximum atomic E-state index is 3.98. The molecule has 0 unspecified atom stereocenters. The summed E-state index contributed by atoms with van der Waals surface area (Å²) in [6.45, 7) is 9.93. The molecule has 1 fully saturated rings. The van der Waals surface area contributed by atoms with Crippen molar-refractivity contribution < 1.29 is 0 Å². The minimum Gasteiger partial charge on any atom is -0.0996 e. The predicted molar refractivity (Wildman–Crippen MR) is 49.2 cm³/mol. The summed E-state index contributed by atoms with van der Waals surface area (Å²) < 4.78 is 1.10. The maximum Gasteiger partial charge on any atom is -0.00477 e. The van der Waals surface area contributed by atoms with Crippen molar-refractivity contribution in [2.75, 3.05) is 0 Å². The lowest BCUT2D eigenvalue weighted by Gasteiger charge is -2.12. The van der Waals surface area contributed by atoms with Crippen LogP contribution in [0.2, 0.25) is 0 Å². The third-order valence-corrected chi connectivity index (χ3v) is 2.57. The van der Waals surface area contributed by atoms with Crippen LogP contribution in [0, 0.1) is 5.41 Å². The number of hydrogen-bond donors (Lipinski definition) is 0. The summed E-state index contributed by atoms with van der Waals surface area (Å²) in [5.41, 5.74) is 1.74. The Labute approximate surface area is 71.1 Å². The molecule has 56 valence electrons. The first-order valence-electron chi connectivity index (χ1n) is 3.56. The SMILES string of the molecule is C=C(Br)CC1(C(=C)C)CC1. The van der Waals surface area contributed by atoms with Gasteiger partial charge in [0.2, 0.25) is 0 Å². The number of hydrogen-bond acceptors (Lipinski definition) is 0. The fourth-order valence-electron chi connectivity index (χ4n) is 1.27. The van der Waals surface area contributed by atoms with Gasteiger partial charge >= 0.3 is 0 Å². The minimum atomic E-state index is 0.431. The Hall–Kier alpha value is -0.0400. The normalized spacial score (nSPS) is 20.2. The van der Waals surface area contributed by atoms with Gasteiger partial charge in [-0.15, -0.1) is 0 Å². The zero-order valence-corrected chi connectivity index (χ0v) is 8.00. The lowest BCUT2D eigenvalue weighted by molar-refractivity contribution is 0.619. The Bertz CT molecular complexity index is 175. The van der Waals surface area contributed by atoms with Crippen molar-refractivity contribution in [3.63, 3.8) is 0 Å². The van der Waals surface area contributed by atoms with Gasteiger partial charge in [-0.2, -0.15) is 0 Å². The van der Waals surface area contributed by atoms with Crippen LogP contribution in [0.5, 0.6) is 0 Å². The van der Waals surface area contributed by atoms with Crippen LogP contribution in [0.4, 0.5) is 0 Å². The van der Waals surface area contributed by atoms with Gasteiger partial charge < -0.3 is 0 Å². The standard InChI is InChI=1S/C9H13Br/c1-7(2)9(4-5-9)6-8(3)10/h1,3-6H2,2H3. The third kappa shape index (κ3) is 1.51. The highest BCUT2D eigenvalue weighted by Gasteiger charge is 2.42. The fraction of sp³-hybridized carbons (Fsp3) is 0.556. The predicted octanol–water partition coefficient (Wildman–Crippen LogP) is 3.64. The largest absolute Gasteiger partial charge is 0.0996 e. The van der Waals surface area contributed by atoms with Gasteiger partial charge in [-0.25, -0.2) is 0 Å². The van der Waals surface area contributed by atoms with E-state index in [0.717, 1.165) is 10.9 Å². The average molecular weight is 201 g/mol. The van der Waals surface area contributed by atoms with Gasteiger partial charge in [0.1, 0.15) is 0 Å². The third-order valence-electron chi connectivity index (χ3n) is 2.29. The van der Waals surface area contributed by atoms with E-state index in [9.17, 15) is 0 Å². The molecular formula is C9H13Br. The van der Waals surface area contributed by atoms with E-state index in [4.69, 9.17) is 0 Å². The smallest absolute Gasteiger partial charge is 0.00477 e. The Morgan fingerprint density at radius 3 is 2.10 bits per heavy atom. The van der Waals surface area contributed by atoms with E-state index in [1.54, 1.807) is 0 Å². The zero-order chi connectivity index (χ0) is 7.78. The summed E-state index contributed by atoms with van der Waals surface area (Å²) in [6.07, 6.45) is 3.67. The molecule has 0 atom stereocenters. The Morgan fingerprint density at radius 2 is 2.00 bits per heavy atom. The Kier molecular flexibility index (Phi) is 2.04. The van der Waals surface area contributed by atoms with E-state index in [1.807, 2.05) is 0 Å². The second-order valence-electron chi connectivity index (χ2n) is 3.25. The Morgan fingerprint density at radius 1 is 1.50 bits per heavy atom. The van der Waals surface area contributed by atoms with Crippen LogP contribution in [0.3, 0.4) is 0 Å². The molecular weight excluding hydrogens is 188 g/mol.